The summed E-state index contributed by atoms with van der Waals surface area (Å²) in [5.41, 5.74) is 2.03. The van der Waals surface area contributed by atoms with E-state index in [0.29, 0.717) is 22.8 Å². The van der Waals surface area contributed by atoms with Gasteiger partial charge in [-0.15, -0.1) is 17.9 Å². The summed E-state index contributed by atoms with van der Waals surface area (Å²) in [6.45, 7) is 10.3. The molecule has 3 rings (SSSR count). The van der Waals surface area contributed by atoms with Gasteiger partial charge in [-0.2, -0.15) is 0 Å². The number of aliphatic hydroxyl groups is 1. The van der Waals surface area contributed by atoms with Crippen molar-refractivity contribution in [1.29, 1.82) is 0 Å². The Kier molecular flexibility index (Phi) is 6.59. The third-order valence-electron chi connectivity index (χ3n) is 4.40. The summed E-state index contributed by atoms with van der Waals surface area (Å²) in [7, 11) is 0. The lowest BCUT2D eigenvalue weighted by Crippen LogP contribution is -2.24. The molecule has 0 amide bonds. The first-order chi connectivity index (χ1) is 13.4. The maximum atomic E-state index is 12.9. The van der Waals surface area contributed by atoms with Crippen LogP contribution in [0.5, 0.6) is 5.75 Å². The molecule has 0 fully saturated rings. The zero-order chi connectivity index (χ0) is 20.3. The molecular formula is C21H24N2O3S2. The Morgan fingerprint density at radius 1 is 1.39 bits per heavy atom. The number of allylic oxidation sites excluding steroid dienone is 1. The zero-order valence-electron chi connectivity index (χ0n) is 16.3. The fourth-order valence-corrected chi connectivity index (χ4v) is 4.81. The van der Waals surface area contributed by atoms with Gasteiger partial charge in [0.2, 0.25) is 0 Å². The Bertz CT molecular complexity index is 1060. The number of hydrogen-bond acceptors (Lipinski definition) is 6. The minimum Gasteiger partial charge on any atom is -0.491 e. The van der Waals surface area contributed by atoms with E-state index in [1.165, 1.54) is 23.1 Å². The second-order valence-electron chi connectivity index (χ2n) is 6.65. The Hall–Kier alpha value is -2.09. The minimum atomic E-state index is -0.679. The van der Waals surface area contributed by atoms with Gasteiger partial charge in [-0.05, 0) is 44.0 Å². The zero-order valence-corrected chi connectivity index (χ0v) is 17.9. The Morgan fingerprint density at radius 3 is 2.89 bits per heavy atom. The van der Waals surface area contributed by atoms with Gasteiger partial charge in [0.25, 0.3) is 5.56 Å². The molecule has 0 bridgehead atoms. The molecule has 0 aliphatic heterocycles. The predicted octanol–water partition coefficient (Wildman–Crippen LogP) is 4.10. The van der Waals surface area contributed by atoms with Crippen LogP contribution in [0.1, 0.15) is 16.0 Å². The number of aliphatic hydroxyl groups excluding tert-OH is 1. The normalized spacial score (nSPS) is 12.3. The molecule has 3 aromatic rings. The summed E-state index contributed by atoms with van der Waals surface area (Å²) >= 11 is 2.88. The molecule has 7 heteroatoms. The van der Waals surface area contributed by atoms with Crippen molar-refractivity contribution in [2.75, 3.05) is 12.4 Å². The van der Waals surface area contributed by atoms with Gasteiger partial charge in [0.1, 0.15) is 17.2 Å². The van der Waals surface area contributed by atoms with E-state index in [9.17, 15) is 9.90 Å². The molecule has 1 aromatic carbocycles. The number of aromatic nitrogens is 2. The molecule has 2 heterocycles. The first-order valence-electron chi connectivity index (χ1n) is 9.02. The van der Waals surface area contributed by atoms with Gasteiger partial charge in [-0.3, -0.25) is 9.36 Å². The fourth-order valence-electron chi connectivity index (χ4n) is 2.83. The second-order valence-corrected chi connectivity index (χ2v) is 8.84. The Labute approximate surface area is 172 Å². The van der Waals surface area contributed by atoms with E-state index in [1.54, 1.807) is 10.6 Å². The SMILES string of the molecule is C=CCn1c(SC[C@@H](O)COc2cccc(C)c2)nc2sc(C)c(C)c2c1=O. The van der Waals surface area contributed by atoms with Crippen LogP contribution in [0, 0.1) is 20.8 Å². The lowest BCUT2D eigenvalue weighted by atomic mass is 10.2. The van der Waals surface area contributed by atoms with Gasteiger partial charge in [-0.25, -0.2) is 4.98 Å². The van der Waals surface area contributed by atoms with E-state index >= 15 is 0 Å². The molecule has 5 nitrogen and oxygen atoms in total. The Balaban J connectivity index is 1.74. The number of rotatable bonds is 8. The van der Waals surface area contributed by atoms with E-state index in [4.69, 9.17) is 4.74 Å². The van der Waals surface area contributed by atoms with Crippen LogP contribution < -0.4 is 10.3 Å². The standard InChI is InChI=1S/C21H24N2O3S2/c1-5-9-23-20(25)18-14(3)15(4)28-19(18)22-21(23)27-12-16(24)11-26-17-8-6-7-13(2)10-17/h5-8,10,16,24H,1,9,11-12H2,2-4H3/t16-/m0/s1. The third kappa shape index (κ3) is 4.48. The van der Waals surface area contributed by atoms with E-state index in [0.717, 1.165) is 26.6 Å². The van der Waals surface area contributed by atoms with Crippen LogP contribution >= 0.6 is 23.1 Å². The van der Waals surface area contributed by atoms with Crippen molar-refractivity contribution in [2.24, 2.45) is 0 Å². The molecule has 0 spiro atoms. The van der Waals surface area contributed by atoms with Crippen LogP contribution in [0.15, 0.2) is 46.9 Å². The van der Waals surface area contributed by atoms with E-state index in [2.05, 4.69) is 11.6 Å². The molecule has 2 aromatic heterocycles. The largest absolute Gasteiger partial charge is 0.491 e. The molecule has 0 aliphatic rings. The van der Waals surface area contributed by atoms with Gasteiger partial charge in [-0.1, -0.05) is 30.0 Å². The van der Waals surface area contributed by atoms with E-state index < -0.39 is 6.10 Å². The number of ether oxygens (including phenoxy) is 1. The van der Waals surface area contributed by atoms with Crippen molar-refractivity contribution in [3.8, 4) is 5.75 Å². The van der Waals surface area contributed by atoms with Gasteiger partial charge in [0.15, 0.2) is 5.16 Å². The highest BCUT2D eigenvalue weighted by Crippen LogP contribution is 2.28. The number of nitrogens with zero attached hydrogens (tertiary/aromatic N) is 2. The third-order valence-corrected chi connectivity index (χ3v) is 6.62. The van der Waals surface area contributed by atoms with E-state index in [-0.39, 0.29) is 12.2 Å². The van der Waals surface area contributed by atoms with Crippen molar-refractivity contribution in [3.63, 3.8) is 0 Å². The first-order valence-corrected chi connectivity index (χ1v) is 10.8. The monoisotopic (exact) mass is 416 g/mol. The fraction of sp³-hybridized carbons (Fsp3) is 0.333. The van der Waals surface area contributed by atoms with Crippen LogP contribution in [-0.2, 0) is 6.54 Å². The highest BCUT2D eigenvalue weighted by molar-refractivity contribution is 7.99. The predicted molar refractivity (Wildman–Crippen MR) is 117 cm³/mol. The number of thioether (sulfide) groups is 1. The number of aryl methyl sites for hydroxylation is 3. The van der Waals surface area contributed by atoms with Crippen LogP contribution in [-0.4, -0.2) is 33.1 Å². The van der Waals surface area contributed by atoms with Crippen molar-refractivity contribution in [1.82, 2.24) is 9.55 Å². The van der Waals surface area contributed by atoms with Crippen molar-refractivity contribution >= 4 is 33.3 Å². The molecule has 0 radical (unpaired) electrons. The molecular weight excluding hydrogens is 392 g/mol. The lowest BCUT2D eigenvalue weighted by molar-refractivity contribution is 0.126. The number of thiophene rings is 1. The van der Waals surface area contributed by atoms with Gasteiger partial charge < -0.3 is 9.84 Å². The van der Waals surface area contributed by atoms with Gasteiger partial charge in [0, 0.05) is 17.2 Å². The van der Waals surface area contributed by atoms with Crippen molar-refractivity contribution in [2.45, 2.75) is 38.6 Å². The molecule has 0 unspecified atom stereocenters. The molecule has 28 heavy (non-hydrogen) atoms. The average Bonchev–Trinajstić information content (AvgIpc) is 2.95. The quantitative estimate of drug-likeness (QED) is 0.340. The molecule has 0 saturated heterocycles. The van der Waals surface area contributed by atoms with Gasteiger partial charge >= 0.3 is 0 Å². The van der Waals surface area contributed by atoms with Gasteiger partial charge in [0.05, 0.1) is 11.5 Å². The topological polar surface area (TPSA) is 64.3 Å². The average molecular weight is 417 g/mol. The van der Waals surface area contributed by atoms with E-state index in [1.807, 2.05) is 45.0 Å². The smallest absolute Gasteiger partial charge is 0.263 e. The van der Waals surface area contributed by atoms with Crippen LogP contribution in [0.4, 0.5) is 0 Å². The maximum Gasteiger partial charge on any atom is 0.263 e. The molecule has 148 valence electrons. The molecule has 0 aliphatic carbocycles. The Morgan fingerprint density at radius 2 is 2.18 bits per heavy atom. The second kappa shape index (κ2) is 8.94. The van der Waals surface area contributed by atoms with Crippen LogP contribution in [0.25, 0.3) is 10.2 Å². The summed E-state index contributed by atoms with van der Waals surface area (Å²) in [5.74, 6) is 1.11. The lowest BCUT2D eigenvalue weighted by Gasteiger charge is -2.14. The summed E-state index contributed by atoms with van der Waals surface area (Å²) in [4.78, 5) is 19.5. The summed E-state index contributed by atoms with van der Waals surface area (Å²) in [6, 6.07) is 7.71. The van der Waals surface area contributed by atoms with Crippen LogP contribution in [0.2, 0.25) is 0 Å². The molecule has 1 atom stereocenters. The molecule has 0 saturated carbocycles. The minimum absolute atomic E-state index is 0.0558. The maximum absolute atomic E-state index is 12.9. The number of hydrogen-bond donors (Lipinski definition) is 1. The highest BCUT2D eigenvalue weighted by Gasteiger charge is 2.17. The number of fused-ring (bicyclic) bond motifs is 1. The summed E-state index contributed by atoms with van der Waals surface area (Å²) in [6.07, 6.45) is 1.01. The van der Waals surface area contributed by atoms with Crippen molar-refractivity contribution in [3.05, 3.63) is 63.3 Å². The highest BCUT2D eigenvalue weighted by atomic mass is 32.2. The van der Waals surface area contributed by atoms with Crippen molar-refractivity contribution < 1.29 is 9.84 Å². The summed E-state index contributed by atoms with van der Waals surface area (Å²) < 4.78 is 7.28. The molecule has 1 N–H and O–H groups in total. The first kappa shape index (κ1) is 20.6. The number of benzene rings is 1. The summed E-state index contributed by atoms with van der Waals surface area (Å²) in [5, 5.41) is 11.6. The van der Waals surface area contributed by atoms with Crippen LogP contribution in [0.3, 0.4) is 0 Å².